The predicted octanol–water partition coefficient (Wildman–Crippen LogP) is 5.67. The first kappa shape index (κ1) is 27.9. The van der Waals surface area contributed by atoms with Gasteiger partial charge in [0.2, 0.25) is 0 Å². The van der Waals surface area contributed by atoms with Crippen LogP contribution in [0.25, 0.3) is 0 Å². The van der Waals surface area contributed by atoms with Crippen molar-refractivity contribution in [1.29, 1.82) is 0 Å². The summed E-state index contributed by atoms with van der Waals surface area (Å²) in [6, 6.07) is 12.2. The van der Waals surface area contributed by atoms with Crippen LogP contribution in [0.4, 0.5) is 44.8 Å². The second-order valence-electron chi connectivity index (χ2n) is 9.53. The van der Waals surface area contributed by atoms with E-state index in [2.05, 4.69) is 25.1 Å². The van der Waals surface area contributed by atoms with Crippen LogP contribution in [0.2, 0.25) is 0 Å². The summed E-state index contributed by atoms with van der Waals surface area (Å²) >= 11 is 0. The highest BCUT2D eigenvalue weighted by molar-refractivity contribution is 6.06. The first-order valence-corrected chi connectivity index (χ1v) is 11.7. The molecule has 4 rings (SSSR count). The van der Waals surface area contributed by atoms with Gasteiger partial charge in [-0.15, -0.1) is 8.78 Å². The van der Waals surface area contributed by atoms with Crippen molar-refractivity contribution < 1.29 is 41.3 Å². The Hall–Kier alpha value is -4.13. The van der Waals surface area contributed by atoms with Crippen LogP contribution in [0, 0.1) is 5.41 Å². The molecule has 2 aromatic carbocycles. The molecule has 0 atom stereocenters. The lowest BCUT2D eigenvalue weighted by molar-refractivity contribution is -0.286. The monoisotopic (exact) mass is 552 g/mol. The van der Waals surface area contributed by atoms with Gasteiger partial charge in [-0.2, -0.15) is 13.2 Å². The lowest BCUT2D eigenvalue weighted by Crippen LogP contribution is -2.38. The number of rotatable bonds is 9. The molecule has 1 amide bonds. The maximum Gasteiger partial charge on any atom is 0.586 e. The Morgan fingerprint density at radius 2 is 1.74 bits per heavy atom. The van der Waals surface area contributed by atoms with Crippen LogP contribution in [-0.2, 0) is 11.3 Å². The zero-order chi connectivity index (χ0) is 28.4. The molecule has 0 saturated heterocycles. The molecule has 3 N–H and O–H groups in total. The van der Waals surface area contributed by atoms with Crippen LogP contribution in [0.5, 0.6) is 11.5 Å². The van der Waals surface area contributed by atoms with E-state index in [-0.39, 0.29) is 41.4 Å². The molecular formula is C26H25F5N4O4. The number of nitrogens with one attached hydrogen (secondary N) is 2. The smallest absolute Gasteiger partial charge is 0.396 e. The van der Waals surface area contributed by atoms with Crippen molar-refractivity contribution in [3.8, 4) is 11.5 Å². The number of nitrogens with zero attached hydrogens (tertiary/aromatic N) is 2. The number of carbonyl (C=O) groups excluding carboxylic acids is 1. The fourth-order valence-corrected chi connectivity index (χ4v) is 3.65. The normalized spacial score (nSPS) is 14.2. The Kier molecular flexibility index (Phi) is 7.55. The van der Waals surface area contributed by atoms with Gasteiger partial charge in [-0.3, -0.25) is 9.69 Å². The Labute approximate surface area is 220 Å². The van der Waals surface area contributed by atoms with E-state index >= 15 is 0 Å². The Bertz CT molecular complexity index is 1350. The molecular weight excluding hydrogens is 527 g/mol. The molecule has 0 unspecified atom stereocenters. The number of hydrogen-bond donors (Lipinski definition) is 3. The minimum absolute atomic E-state index is 0.0308. The van der Waals surface area contributed by atoms with Gasteiger partial charge in [-0.25, -0.2) is 4.98 Å². The number of halogens is 5. The second kappa shape index (κ2) is 10.6. The summed E-state index contributed by atoms with van der Waals surface area (Å²) in [5.41, 5.74) is -0.00133. The number of benzene rings is 2. The van der Waals surface area contributed by atoms with E-state index in [1.807, 2.05) is 13.8 Å². The number of pyridine rings is 1. The largest absolute Gasteiger partial charge is 0.586 e. The maximum atomic E-state index is 13.7. The minimum Gasteiger partial charge on any atom is -0.396 e. The van der Waals surface area contributed by atoms with Gasteiger partial charge >= 0.3 is 18.4 Å². The van der Waals surface area contributed by atoms with E-state index in [9.17, 15) is 31.9 Å². The lowest BCUT2D eigenvalue weighted by Gasteiger charge is -2.26. The fourth-order valence-electron chi connectivity index (χ4n) is 3.65. The molecule has 0 bridgehead atoms. The predicted molar refractivity (Wildman–Crippen MR) is 133 cm³/mol. The van der Waals surface area contributed by atoms with E-state index < -0.39 is 24.1 Å². The van der Waals surface area contributed by atoms with Crippen molar-refractivity contribution in [2.24, 2.45) is 5.41 Å². The van der Waals surface area contributed by atoms with Gasteiger partial charge < -0.3 is 25.2 Å². The Morgan fingerprint density at radius 3 is 2.46 bits per heavy atom. The van der Waals surface area contributed by atoms with Crippen LogP contribution >= 0.6 is 0 Å². The number of aromatic nitrogens is 1. The number of amides is 1. The molecule has 1 aromatic heterocycles. The highest BCUT2D eigenvalue weighted by atomic mass is 19.4. The van der Waals surface area contributed by atoms with Crippen molar-refractivity contribution >= 4 is 28.8 Å². The van der Waals surface area contributed by atoms with Crippen molar-refractivity contribution in [3.63, 3.8) is 0 Å². The van der Waals surface area contributed by atoms with Gasteiger partial charge in [0.1, 0.15) is 5.82 Å². The van der Waals surface area contributed by atoms with Gasteiger partial charge in [0.25, 0.3) is 0 Å². The zero-order valence-corrected chi connectivity index (χ0v) is 20.9. The lowest BCUT2D eigenvalue weighted by atomic mass is 9.95. The number of fused-ring (bicyclic) bond motifs is 1. The molecule has 3 aromatic rings. The average molecular weight is 553 g/mol. The number of aliphatic hydroxyl groups is 1. The summed E-state index contributed by atoms with van der Waals surface area (Å²) in [5.74, 6) is -2.58. The topological polar surface area (TPSA) is 96.0 Å². The summed E-state index contributed by atoms with van der Waals surface area (Å²) in [5, 5.41) is 15.6. The number of alkyl halides is 5. The second-order valence-corrected chi connectivity index (χ2v) is 9.53. The van der Waals surface area contributed by atoms with Crippen molar-refractivity contribution in [3.05, 3.63) is 66.4 Å². The average Bonchev–Trinajstić information content (AvgIpc) is 3.20. The van der Waals surface area contributed by atoms with Gasteiger partial charge in [0, 0.05) is 37.4 Å². The van der Waals surface area contributed by atoms with Crippen LogP contribution < -0.4 is 25.0 Å². The van der Waals surface area contributed by atoms with Gasteiger partial charge in [-0.05, 0) is 42.0 Å². The van der Waals surface area contributed by atoms with Crippen molar-refractivity contribution in [1.82, 2.24) is 4.98 Å². The molecule has 0 aliphatic carbocycles. The third-order valence-corrected chi connectivity index (χ3v) is 5.72. The molecule has 0 saturated carbocycles. The molecule has 8 nitrogen and oxygen atoms in total. The molecule has 0 spiro atoms. The molecule has 13 heteroatoms. The quantitative estimate of drug-likeness (QED) is 0.294. The summed E-state index contributed by atoms with van der Waals surface area (Å²) in [4.78, 5) is 17.2. The molecule has 2 heterocycles. The van der Waals surface area contributed by atoms with Crippen molar-refractivity contribution in [2.45, 2.75) is 32.9 Å². The number of carbonyl (C=O) groups is 1. The van der Waals surface area contributed by atoms with Gasteiger partial charge in [-0.1, -0.05) is 26.0 Å². The standard InChI is InChI=1S/C26H25F5N4O4/c1-24(2,15-36)14-34-22-11-16(9-10-32-22)13-33-18-5-3-4-6-19(18)35(23(37)25(27,28)29)17-7-8-20-21(12-17)39-26(30,31)38-20/h3-12,33,36H,13-15H2,1-2H3,(H,32,34). The number of aliphatic hydroxyl groups excluding tert-OH is 1. The molecule has 39 heavy (non-hydrogen) atoms. The highest BCUT2D eigenvalue weighted by Gasteiger charge is 2.46. The SMILES string of the molecule is CC(C)(CO)CNc1cc(CNc2ccccc2N(C(=O)C(F)(F)F)c2ccc3c(c2)OC(F)(F)O3)ccn1. The van der Waals surface area contributed by atoms with Gasteiger partial charge in [0.15, 0.2) is 11.5 Å². The molecule has 1 aliphatic rings. The zero-order valence-electron chi connectivity index (χ0n) is 20.9. The van der Waals surface area contributed by atoms with Crippen LogP contribution in [0.15, 0.2) is 60.8 Å². The molecule has 0 fully saturated rings. The number of hydrogen-bond acceptors (Lipinski definition) is 7. The van der Waals surface area contributed by atoms with Crippen LogP contribution in [0.1, 0.15) is 19.4 Å². The van der Waals surface area contributed by atoms with E-state index in [0.717, 1.165) is 23.8 Å². The number of para-hydroxylation sites is 2. The summed E-state index contributed by atoms with van der Waals surface area (Å²) in [6.45, 7) is 4.33. The molecule has 1 aliphatic heterocycles. The number of ether oxygens (including phenoxy) is 2. The molecule has 208 valence electrons. The Morgan fingerprint density at radius 1 is 1.03 bits per heavy atom. The maximum absolute atomic E-state index is 13.7. The van der Waals surface area contributed by atoms with Crippen molar-refractivity contribution in [2.75, 3.05) is 28.7 Å². The number of anilines is 4. The summed E-state index contributed by atoms with van der Waals surface area (Å²) in [7, 11) is 0. The van der Waals surface area contributed by atoms with E-state index in [4.69, 9.17) is 0 Å². The summed E-state index contributed by atoms with van der Waals surface area (Å²) in [6.07, 6.45) is -7.70. The van der Waals surface area contributed by atoms with Gasteiger partial charge in [0.05, 0.1) is 17.1 Å². The van der Waals surface area contributed by atoms with Crippen LogP contribution in [0.3, 0.4) is 0 Å². The van der Waals surface area contributed by atoms with Crippen LogP contribution in [-0.4, -0.2) is 41.6 Å². The van der Waals surface area contributed by atoms with E-state index in [0.29, 0.717) is 17.3 Å². The van der Waals surface area contributed by atoms with E-state index in [1.165, 1.54) is 18.2 Å². The first-order valence-electron chi connectivity index (χ1n) is 11.7. The Balaban J connectivity index is 1.62. The third-order valence-electron chi connectivity index (χ3n) is 5.72. The van der Waals surface area contributed by atoms with E-state index in [1.54, 1.807) is 24.4 Å². The molecule has 0 radical (unpaired) electrons. The first-order chi connectivity index (χ1) is 18.3. The summed E-state index contributed by atoms with van der Waals surface area (Å²) < 4.78 is 76.6. The fraction of sp³-hybridized carbons (Fsp3) is 0.308. The highest BCUT2D eigenvalue weighted by Crippen LogP contribution is 2.45. The minimum atomic E-state index is -5.28. The third kappa shape index (κ3) is 6.66.